The van der Waals surface area contributed by atoms with Gasteiger partial charge in [-0.2, -0.15) is 13.2 Å². The molecule has 0 aromatic heterocycles. The molecule has 1 unspecified atom stereocenters. The van der Waals surface area contributed by atoms with Crippen LogP contribution in [0, 0.1) is 17.8 Å². The Balaban J connectivity index is 1.54. The normalized spacial score (nSPS) is 26.6. The summed E-state index contributed by atoms with van der Waals surface area (Å²) in [5.41, 5.74) is 1.34. The summed E-state index contributed by atoms with van der Waals surface area (Å²) in [4.78, 5) is 0. The zero-order valence-electron chi connectivity index (χ0n) is 15.6. The highest BCUT2D eigenvalue weighted by atomic mass is 19.4. The summed E-state index contributed by atoms with van der Waals surface area (Å²) in [6, 6.07) is 5.51. The fraction of sp³-hybridized carbons (Fsp3) is 0.565. The van der Waals surface area contributed by atoms with Crippen molar-refractivity contribution in [2.45, 2.75) is 64.5 Å². The molecule has 1 saturated carbocycles. The van der Waals surface area contributed by atoms with Crippen LogP contribution in [0.5, 0.6) is 0 Å². The molecule has 0 aliphatic heterocycles. The minimum atomic E-state index is -4.27. The van der Waals surface area contributed by atoms with Gasteiger partial charge in [-0.25, -0.2) is 0 Å². The monoisotopic (exact) mass is 362 g/mol. The molecule has 142 valence electrons. The van der Waals surface area contributed by atoms with Gasteiger partial charge < -0.3 is 0 Å². The van der Waals surface area contributed by atoms with Crippen LogP contribution >= 0.6 is 0 Å². The Labute approximate surface area is 155 Å². The van der Waals surface area contributed by atoms with Crippen molar-refractivity contribution in [3.8, 4) is 0 Å². The van der Waals surface area contributed by atoms with Gasteiger partial charge in [0.1, 0.15) is 0 Å². The molecule has 0 amide bonds. The van der Waals surface area contributed by atoms with E-state index in [9.17, 15) is 13.2 Å². The van der Waals surface area contributed by atoms with Crippen LogP contribution in [0.25, 0.3) is 5.57 Å². The van der Waals surface area contributed by atoms with Gasteiger partial charge in [-0.15, -0.1) is 0 Å². The zero-order chi connectivity index (χ0) is 18.6. The number of hydrogen-bond donors (Lipinski definition) is 0. The van der Waals surface area contributed by atoms with E-state index in [1.807, 2.05) is 0 Å². The second-order valence-corrected chi connectivity index (χ2v) is 7.92. The molecule has 3 heteroatoms. The lowest BCUT2D eigenvalue weighted by atomic mass is 9.72. The SMILES string of the molecule is CCCC[C@H]1CC[C@H](C2C=CC(c3ccc(C(F)(F)F)cc3)=CC2)CC1. The quantitative estimate of drug-likeness (QED) is 0.504. The maximum atomic E-state index is 12.7. The summed E-state index contributed by atoms with van der Waals surface area (Å²) in [7, 11) is 0. The number of rotatable bonds is 5. The van der Waals surface area contributed by atoms with Gasteiger partial charge in [0.15, 0.2) is 0 Å². The smallest absolute Gasteiger partial charge is 0.166 e. The number of alkyl halides is 3. The number of allylic oxidation sites excluding steroid dienone is 4. The summed E-state index contributed by atoms with van der Waals surface area (Å²) >= 11 is 0. The van der Waals surface area contributed by atoms with E-state index >= 15 is 0 Å². The molecule has 26 heavy (non-hydrogen) atoms. The molecule has 1 aromatic rings. The Morgan fingerprint density at radius 3 is 2.23 bits per heavy atom. The van der Waals surface area contributed by atoms with Crippen molar-refractivity contribution >= 4 is 5.57 Å². The Bertz CT molecular complexity index is 628. The van der Waals surface area contributed by atoms with Crippen molar-refractivity contribution in [3.63, 3.8) is 0 Å². The second-order valence-electron chi connectivity index (χ2n) is 7.92. The molecule has 0 nitrogen and oxygen atoms in total. The van der Waals surface area contributed by atoms with Crippen LogP contribution in [0.4, 0.5) is 13.2 Å². The largest absolute Gasteiger partial charge is 0.416 e. The lowest BCUT2D eigenvalue weighted by Gasteiger charge is -2.33. The molecule has 0 saturated heterocycles. The highest BCUT2D eigenvalue weighted by molar-refractivity contribution is 5.75. The van der Waals surface area contributed by atoms with E-state index in [4.69, 9.17) is 0 Å². The van der Waals surface area contributed by atoms with Crippen molar-refractivity contribution < 1.29 is 13.2 Å². The summed E-state index contributed by atoms with van der Waals surface area (Å²) in [6.07, 6.45) is 12.8. The molecule has 3 rings (SSSR count). The Kier molecular flexibility index (Phi) is 6.26. The lowest BCUT2D eigenvalue weighted by Crippen LogP contribution is -2.21. The number of halogens is 3. The fourth-order valence-corrected chi connectivity index (χ4v) is 4.45. The average molecular weight is 362 g/mol. The second kappa shape index (κ2) is 8.45. The van der Waals surface area contributed by atoms with Crippen molar-refractivity contribution in [2.75, 3.05) is 0 Å². The predicted molar refractivity (Wildman–Crippen MR) is 102 cm³/mol. The maximum Gasteiger partial charge on any atom is 0.416 e. The van der Waals surface area contributed by atoms with Crippen LogP contribution in [0.1, 0.15) is 69.4 Å². The van der Waals surface area contributed by atoms with Crippen LogP contribution in [-0.4, -0.2) is 0 Å². The molecule has 0 bridgehead atoms. The average Bonchev–Trinajstić information content (AvgIpc) is 2.66. The molecule has 1 fully saturated rings. The van der Waals surface area contributed by atoms with E-state index in [0.717, 1.165) is 29.4 Å². The molecular weight excluding hydrogens is 333 g/mol. The van der Waals surface area contributed by atoms with Gasteiger partial charge in [0, 0.05) is 0 Å². The number of unbranched alkanes of at least 4 members (excludes halogenated alkanes) is 1. The van der Waals surface area contributed by atoms with Crippen LogP contribution in [-0.2, 0) is 6.18 Å². The molecular formula is C23H29F3. The van der Waals surface area contributed by atoms with Gasteiger partial charge in [0.2, 0.25) is 0 Å². The van der Waals surface area contributed by atoms with Crippen molar-refractivity contribution in [2.24, 2.45) is 17.8 Å². The van der Waals surface area contributed by atoms with Gasteiger partial charge in [-0.05, 0) is 60.3 Å². The van der Waals surface area contributed by atoms with Crippen LogP contribution in [0.3, 0.4) is 0 Å². The fourth-order valence-electron chi connectivity index (χ4n) is 4.45. The standard InChI is InChI=1S/C23H29F3/c1-2-3-4-17-5-7-18(8-6-17)19-9-11-20(12-10-19)21-13-15-22(16-14-21)23(24,25)26/h9,11-19H,2-8,10H2,1H3/t17-,18-,19?. The zero-order valence-corrected chi connectivity index (χ0v) is 15.6. The molecule has 1 aromatic carbocycles. The molecule has 0 heterocycles. The maximum absolute atomic E-state index is 12.7. The molecule has 2 aliphatic rings. The van der Waals surface area contributed by atoms with Gasteiger partial charge in [0.25, 0.3) is 0 Å². The Morgan fingerprint density at radius 2 is 1.69 bits per heavy atom. The van der Waals surface area contributed by atoms with Gasteiger partial charge in [-0.1, -0.05) is 69.4 Å². The highest BCUT2D eigenvalue weighted by Crippen LogP contribution is 2.39. The van der Waals surface area contributed by atoms with E-state index in [2.05, 4.69) is 25.2 Å². The predicted octanol–water partition coefficient (Wildman–Crippen LogP) is 7.66. The van der Waals surface area contributed by atoms with Gasteiger partial charge >= 0.3 is 6.18 Å². The first-order chi connectivity index (χ1) is 12.5. The summed E-state index contributed by atoms with van der Waals surface area (Å²) in [5, 5.41) is 0. The van der Waals surface area contributed by atoms with E-state index in [1.165, 1.54) is 57.1 Å². The van der Waals surface area contributed by atoms with Crippen LogP contribution in [0.15, 0.2) is 42.5 Å². The lowest BCUT2D eigenvalue weighted by molar-refractivity contribution is -0.137. The summed E-state index contributed by atoms with van der Waals surface area (Å²) in [5.74, 6) is 2.30. The number of hydrogen-bond acceptors (Lipinski definition) is 0. The van der Waals surface area contributed by atoms with E-state index in [1.54, 1.807) is 12.1 Å². The van der Waals surface area contributed by atoms with Crippen LogP contribution < -0.4 is 0 Å². The van der Waals surface area contributed by atoms with Crippen LogP contribution in [0.2, 0.25) is 0 Å². The first-order valence-corrected chi connectivity index (χ1v) is 10.0. The molecule has 0 spiro atoms. The molecule has 0 N–H and O–H groups in total. The summed E-state index contributed by atoms with van der Waals surface area (Å²) < 4.78 is 38.1. The Hall–Kier alpha value is -1.51. The first-order valence-electron chi connectivity index (χ1n) is 10.0. The number of benzene rings is 1. The third-order valence-corrected chi connectivity index (χ3v) is 6.14. The third-order valence-electron chi connectivity index (χ3n) is 6.14. The molecule has 1 atom stereocenters. The molecule has 0 radical (unpaired) electrons. The third kappa shape index (κ3) is 4.81. The van der Waals surface area contributed by atoms with Crippen molar-refractivity contribution in [1.29, 1.82) is 0 Å². The van der Waals surface area contributed by atoms with Crippen molar-refractivity contribution in [1.82, 2.24) is 0 Å². The van der Waals surface area contributed by atoms with Crippen molar-refractivity contribution in [3.05, 3.63) is 53.6 Å². The summed E-state index contributed by atoms with van der Waals surface area (Å²) in [6.45, 7) is 2.26. The first kappa shape index (κ1) is 19.3. The minimum Gasteiger partial charge on any atom is -0.166 e. The van der Waals surface area contributed by atoms with E-state index in [0.29, 0.717) is 5.92 Å². The van der Waals surface area contributed by atoms with Gasteiger partial charge in [-0.3, -0.25) is 0 Å². The van der Waals surface area contributed by atoms with Gasteiger partial charge in [0.05, 0.1) is 5.56 Å². The minimum absolute atomic E-state index is 0.584. The topological polar surface area (TPSA) is 0 Å². The Morgan fingerprint density at radius 1 is 1.00 bits per heavy atom. The highest BCUT2D eigenvalue weighted by Gasteiger charge is 2.30. The van der Waals surface area contributed by atoms with E-state index in [-0.39, 0.29) is 0 Å². The van der Waals surface area contributed by atoms with E-state index < -0.39 is 11.7 Å². The molecule has 2 aliphatic carbocycles.